The summed E-state index contributed by atoms with van der Waals surface area (Å²) in [6.45, 7) is 4.34. The van der Waals surface area contributed by atoms with Crippen molar-refractivity contribution in [2.24, 2.45) is 7.05 Å². The van der Waals surface area contributed by atoms with E-state index in [2.05, 4.69) is 15.5 Å². The monoisotopic (exact) mass is 412 g/mol. The number of nitrogens with one attached hydrogen (secondary N) is 1. The normalized spacial score (nSPS) is 10.6. The molecule has 0 saturated heterocycles. The summed E-state index contributed by atoms with van der Waals surface area (Å²) < 4.78 is 13.0. The first kappa shape index (κ1) is 20.7. The molecule has 0 saturated carbocycles. The number of carbonyl (C=O) groups is 1. The number of carbonyl (C=O) groups excluding carboxylic acids is 1. The minimum absolute atomic E-state index is 0.143. The molecule has 0 aliphatic rings. The first-order valence-corrected chi connectivity index (χ1v) is 10.1. The first-order chi connectivity index (χ1) is 14.0. The SMILES string of the molecule is COc1ccccc1NC(=O)CSc1nnc(COc2c(C)cccc2C)n1C. The van der Waals surface area contributed by atoms with Gasteiger partial charge in [0.2, 0.25) is 5.91 Å². The van der Waals surface area contributed by atoms with Gasteiger partial charge in [0.15, 0.2) is 11.0 Å². The lowest BCUT2D eigenvalue weighted by atomic mass is 10.1. The number of nitrogens with zero attached hydrogens (tertiary/aromatic N) is 3. The number of thioether (sulfide) groups is 1. The van der Waals surface area contributed by atoms with Gasteiger partial charge in [-0.25, -0.2) is 0 Å². The number of benzene rings is 2. The summed E-state index contributed by atoms with van der Waals surface area (Å²) in [5.41, 5.74) is 2.80. The Balaban J connectivity index is 1.57. The number of hydrogen-bond donors (Lipinski definition) is 1. The van der Waals surface area contributed by atoms with E-state index in [9.17, 15) is 4.79 Å². The fourth-order valence-electron chi connectivity index (χ4n) is 2.82. The molecule has 0 unspecified atom stereocenters. The van der Waals surface area contributed by atoms with Gasteiger partial charge in [-0.15, -0.1) is 10.2 Å². The average Bonchev–Trinajstić information content (AvgIpc) is 3.06. The molecule has 0 aliphatic carbocycles. The quantitative estimate of drug-likeness (QED) is 0.568. The molecule has 0 spiro atoms. The van der Waals surface area contributed by atoms with Crippen LogP contribution in [0.3, 0.4) is 0 Å². The molecule has 0 aliphatic heterocycles. The molecule has 7 nitrogen and oxygen atoms in total. The van der Waals surface area contributed by atoms with Gasteiger partial charge in [0.1, 0.15) is 18.1 Å². The van der Waals surface area contributed by atoms with Gasteiger partial charge >= 0.3 is 0 Å². The summed E-state index contributed by atoms with van der Waals surface area (Å²) in [4.78, 5) is 12.3. The Kier molecular flexibility index (Phi) is 6.77. The van der Waals surface area contributed by atoms with Gasteiger partial charge in [-0.2, -0.15) is 0 Å². The maximum absolute atomic E-state index is 12.3. The summed E-state index contributed by atoms with van der Waals surface area (Å²) in [7, 11) is 3.44. The van der Waals surface area contributed by atoms with Crippen molar-refractivity contribution in [3.8, 4) is 11.5 Å². The second-order valence-corrected chi connectivity index (χ2v) is 7.45. The minimum Gasteiger partial charge on any atom is -0.495 e. The van der Waals surface area contributed by atoms with Crippen LogP contribution >= 0.6 is 11.8 Å². The second-order valence-electron chi connectivity index (χ2n) is 6.50. The zero-order valence-corrected chi connectivity index (χ0v) is 17.7. The predicted octanol–water partition coefficient (Wildman–Crippen LogP) is 3.75. The van der Waals surface area contributed by atoms with Crippen molar-refractivity contribution in [2.75, 3.05) is 18.2 Å². The van der Waals surface area contributed by atoms with E-state index in [-0.39, 0.29) is 11.7 Å². The van der Waals surface area contributed by atoms with Crippen LogP contribution in [0.5, 0.6) is 11.5 Å². The summed E-state index contributed by atoms with van der Waals surface area (Å²) >= 11 is 1.32. The summed E-state index contributed by atoms with van der Waals surface area (Å²) in [6.07, 6.45) is 0. The lowest BCUT2D eigenvalue weighted by Crippen LogP contribution is -2.15. The smallest absolute Gasteiger partial charge is 0.234 e. The number of aromatic nitrogens is 3. The highest BCUT2D eigenvalue weighted by atomic mass is 32.2. The Labute approximate surface area is 174 Å². The number of ether oxygens (including phenoxy) is 2. The van der Waals surface area contributed by atoms with Crippen LogP contribution in [0.2, 0.25) is 0 Å². The topological polar surface area (TPSA) is 78.3 Å². The summed E-state index contributed by atoms with van der Waals surface area (Å²) in [5, 5.41) is 11.9. The maximum Gasteiger partial charge on any atom is 0.234 e. The number of anilines is 1. The number of rotatable bonds is 8. The van der Waals surface area contributed by atoms with Crippen LogP contribution in [-0.4, -0.2) is 33.5 Å². The van der Waals surface area contributed by atoms with E-state index in [4.69, 9.17) is 9.47 Å². The second kappa shape index (κ2) is 9.47. The van der Waals surface area contributed by atoms with Crippen molar-refractivity contribution in [2.45, 2.75) is 25.6 Å². The average molecular weight is 413 g/mol. The lowest BCUT2D eigenvalue weighted by molar-refractivity contribution is -0.113. The van der Waals surface area contributed by atoms with Gasteiger partial charge in [-0.05, 0) is 37.1 Å². The highest BCUT2D eigenvalue weighted by molar-refractivity contribution is 7.99. The Morgan fingerprint density at radius 2 is 1.83 bits per heavy atom. The Morgan fingerprint density at radius 3 is 2.55 bits per heavy atom. The molecular formula is C21H24N4O3S. The van der Waals surface area contributed by atoms with E-state index in [0.29, 0.717) is 29.0 Å². The fraction of sp³-hybridized carbons (Fsp3) is 0.286. The zero-order chi connectivity index (χ0) is 20.8. The Bertz CT molecular complexity index is 983. The number of methoxy groups -OCH3 is 1. The van der Waals surface area contributed by atoms with Crippen molar-refractivity contribution >= 4 is 23.4 Å². The number of aryl methyl sites for hydroxylation is 2. The third-order valence-corrected chi connectivity index (χ3v) is 5.41. The number of amides is 1. The number of para-hydroxylation sites is 3. The molecule has 0 bridgehead atoms. The Morgan fingerprint density at radius 1 is 1.10 bits per heavy atom. The maximum atomic E-state index is 12.3. The summed E-state index contributed by atoms with van der Waals surface area (Å²) in [5.74, 6) is 2.24. The van der Waals surface area contributed by atoms with Crippen LogP contribution in [0.1, 0.15) is 17.0 Å². The van der Waals surface area contributed by atoms with Crippen molar-refractivity contribution in [1.29, 1.82) is 0 Å². The highest BCUT2D eigenvalue weighted by Gasteiger charge is 2.14. The van der Waals surface area contributed by atoms with E-state index >= 15 is 0 Å². The molecule has 1 amide bonds. The molecule has 0 fully saturated rings. The first-order valence-electron chi connectivity index (χ1n) is 9.12. The van der Waals surface area contributed by atoms with E-state index in [1.54, 1.807) is 19.2 Å². The molecule has 29 heavy (non-hydrogen) atoms. The lowest BCUT2D eigenvalue weighted by Gasteiger charge is -2.11. The van der Waals surface area contributed by atoms with Crippen LogP contribution in [0.4, 0.5) is 5.69 Å². The minimum atomic E-state index is -0.143. The van der Waals surface area contributed by atoms with Gasteiger partial charge in [-0.3, -0.25) is 4.79 Å². The van der Waals surface area contributed by atoms with Gasteiger partial charge in [0.25, 0.3) is 0 Å². The third kappa shape index (κ3) is 5.08. The molecule has 1 N–H and O–H groups in total. The molecule has 3 rings (SSSR count). The van der Waals surface area contributed by atoms with Crippen LogP contribution in [0.25, 0.3) is 0 Å². The zero-order valence-electron chi connectivity index (χ0n) is 16.9. The van der Waals surface area contributed by atoms with E-state index in [0.717, 1.165) is 16.9 Å². The highest BCUT2D eigenvalue weighted by Crippen LogP contribution is 2.25. The van der Waals surface area contributed by atoms with Gasteiger partial charge in [0, 0.05) is 7.05 Å². The van der Waals surface area contributed by atoms with E-state index in [1.807, 2.05) is 55.8 Å². The van der Waals surface area contributed by atoms with Crippen LogP contribution in [0, 0.1) is 13.8 Å². The largest absolute Gasteiger partial charge is 0.495 e. The Hall–Kier alpha value is -3.00. The summed E-state index contributed by atoms with van der Waals surface area (Å²) in [6, 6.07) is 13.3. The molecule has 0 radical (unpaired) electrons. The van der Waals surface area contributed by atoms with Gasteiger partial charge in [0.05, 0.1) is 18.6 Å². The predicted molar refractivity (Wildman–Crippen MR) is 114 cm³/mol. The van der Waals surface area contributed by atoms with Crippen molar-refractivity contribution in [3.63, 3.8) is 0 Å². The molecule has 8 heteroatoms. The van der Waals surface area contributed by atoms with Crippen LogP contribution < -0.4 is 14.8 Å². The molecule has 1 heterocycles. The fourth-order valence-corrected chi connectivity index (χ4v) is 3.55. The van der Waals surface area contributed by atoms with Crippen molar-refractivity contribution in [1.82, 2.24) is 14.8 Å². The van der Waals surface area contributed by atoms with Gasteiger partial charge in [-0.1, -0.05) is 42.1 Å². The van der Waals surface area contributed by atoms with Crippen LogP contribution in [0.15, 0.2) is 47.6 Å². The molecule has 1 aromatic heterocycles. The molecule has 0 atom stereocenters. The molecule has 2 aromatic carbocycles. The molecular weight excluding hydrogens is 388 g/mol. The van der Waals surface area contributed by atoms with Crippen molar-refractivity contribution in [3.05, 3.63) is 59.4 Å². The standard InChI is InChI=1S/C21H24N4O3S/c1-14-8-7-9-15(2)20(14)28-12-18-23-24-21(25(18)3)29-13-19(26)22-16-10-5-6-11-17(16)27-4/h5-11H,12-13H2,1-4H3,(H,22,26). The van der Waals surface area contributed by atoms with E-state index in [1.165, 1.54) is 11.8 Å². The molecule has 3 aromatic rings. The van der Waals surface area contributed by atoms with Gasteiger partial charge < -0.3 is 19.4 Å². The molecule has 152 valence electrons. The van der Waals surface area contributed by atoms with Crippen LogP contribution in [-0.2, 0) is 18.4 Å². The van der Waals surface area contributed by atoms with E-state index < -0.39 is 0 Å². The third-order valence-electron chi connectivity index (χ3n) is 4.39. The van der Waals surface area contributed by atoms with Crippen molar-refractivity contribution < 1.29 is 14.3 Å². The number of hydrogen-bond acceptors (Lipinski definition) is 6.